The lowest BCUT2D eigenvalue weighted by Crippen LogP contribution is -1.84. The highest BCUT2D eigenvalue weighted by Crippen LogP contribution is 2.59. The Bertz CT molecular complexity index is 293. The molecule has 0 heterocycles. The van der Waals surface area contributed by atoms with Gasteiger partial charge in [0, 0.05) is 5.33 Å². The molecule has 0 aliphatic rings. The van der Waals surface area contributed by atoms with Gasteiger partial charge in [-0.25, -0.2) is 0 Å². The number of rotatable bonds is 2. The van der Waals surface area contributed by atoms with Crippen molar-refractivity contribution in [3.8, 4) is 0 Å². The molecule has 7 heteroatoms. The van der Waals surface area contributed by atoms with Gasteiger partial charge in [-0.15, -0.1) is 0 Å². The van der Waals surface area contributed by atoms with Gasteiger partial charge in [0.1, 0.15) is 4.03 Å². The number of aryl methyl sites for hydroxylation is 1. The maximum atomic E-state index is 5.80. The van der Waals surface area contributed by atoms with E-state index in [1.165, 1.54) is 5.56 Å². The number of hydrogen-bond donors (Lipinski definition) is 0. The molecule has 0 bridgehead atoms. The Hall–Kier alpha value is 2.15. The summed E-state index contributed by atoms with van der Waals surface area (Å²) in [4.78, 5) is 0. The van der Waals surface area contributed by atoms with Crippen molar-refractivity contribution >= 4 is 89.6 Å². The topological polar surface area (TPSA) is 0 Å². The predicted octanol–water partition coefficient (Wildman–Crippen LogP) is 7.33. The third-order valence-corrected chi connectivity index (χ3v) is 2.50. The van der Waals surface area contributed by atoms with Gasteiger partial charge in [0.25, 0.3) is 0 Å². The fourth-order valence-electron chi connectivity index (χ4n) is 0.804. The van der Waals surface area contributed by atoms with Crippen LogP contribution in [0.15, 0.2) is 18.2 Å². The van der Waals surface area contributed by atoms with Crippen LogP contribution in [0.1, 0.15) is 5.56 Å². The van der Waals surface area contributed by atoms with Gasteiger partial charge >= 0.3 is 0 Å². The molecule has 86 valence electrons. The van der Waals surface area contributed by atoms with E-state index >= 15 is 0 Å². The molecule has 0 aliphatic carbocycles. The van der Waals surface area contributed by atoms with Gasteiger partial charge < -0.3 is 0 Å². The quantitative estimate of drug-likeness (QED) is 0.281. The van der Waals surface area contributed by atoms with Crippen molar-refractivity contribution in [2.75, 3.05) is 5.33 Å². The maximum Gasteiger partial charge on any atom is 0.103 e. The molecule has 0 saturated carbocycles. The first kappa shape index (κ1) is 17.2. The van der Waals surface area contributed by atoms with Gasteiger partial charge in [-0.05, 0) is 70.6 Å². The molecule has 0 aromatic heterocycles. The minimum absolute atomic E-state index is 0.183. The number of hydrogen-bond acceptors (Lipinski definition) is 0. The van der Waals surface area contributed by atoms with Crippen LogP contribution in [0.4, 0.5) is 0 Å². The molecular weight excluding hydrogens is 518 g/mol. The van der Waals surface area contributed by atoms with E-state index in [1.54, 1.807) is 0 Å². The van der Waals surface area contributed by atoms with E-state index < -0.39 is 0 Å². The summed E-state index contributed by atoms with van der Waals surface area (Å²) in [5.74, 6) is 0. The van der Waals surface area contributed by atoms with Crippen LogP contribution in [0.2, 0.25) is 10.0 Å². The minimum Gasteiger partial charge on any atom is -0.0924 e. The molecule has 0 fully saturated rings. The molecule has 0 unspecified atom stereocenters. The van der Waals surface area contributed by atoms with Gasteiger partial charge in [-0.3, -0.25) is 0 Å². The number of halogens is 6. The zero-order valence-corrected chi connectivity index (χ0v) is 16.1. The van der Waals surface area contributed by atoms with Gasteiger partial charge in [-0.2, -0.15) is 0 Å². The first-order chi connectivity index (χ1) is 6.97. The lowest BCUT2D eigenvalue weighted by atomic mass is 10.2. The Morgan fingerprint density at radius 2 is 1.60 bits per heavy atom. The molecule has 0 atom stereocenters. The maximum absolute atomic E-state index is 5.80. The van der Waals surface area contributed by atoms with Crippen molar-refractivity contribution in [1.82, 2.24) is 0 Å². The number of benzene rings is 1. The Balaban J connectivity index is 0.000000423. The lowest BCUT2D eigenvalue weighted by Gasteiger charge is -1.99. The van der Waals surface area contributed by atoms with Gasteiger partial charge in [0.05, 0.1) is 10.0 Å². The van der Waals surface area contributed by atoms with Crippen LogP contribution >= 0.6 is 89.6 Å². The summed E-state index contributed by atoms with van der Waals surface area (Å²) in [6.07, 6.45) is 0.983. The molecule has 0 saturated heterocycles. The standard InChI is InChI=1S/C8H7BrCl2.Br3P/c9-4-3-6-1-2-7(10)8(11)5-6;1-4(2)3/h1-2,5H,3-4H2;. The van der Waals surface area contributed by atoms with Crippen LogP contribution in [0.25, 0.3) is 0 Å². The third kappa shape index (κ3) is 9.82. The molecule has 0 radical (unpaired) electrons. The molecule has 0 N–H and O–H groups in total. The van der Waals surface area contributed by atoms with Crippen LogP contribution in [-0.2, 0) is 6.42 Å². The molecule has 15 heavy (non-hydrogen) atoms. The Labute approximate surface area is 134 Å². The smallest absolute Gasteiger partial charge is 0.0924 e. The normalized spacial score (nSPS) is 9.80. The van der Waals surface area contributed by atoms with Crippen LogP contribution in [0.5, 0.6) is 0 Å². The zero-order valence-electron chi connectivity index (χ0n) is 7.36. The highest BCUT2D eigenvalue weighted by atomic mass is 80.0. The lowest BCUT2D eigenvalue weighted by molar-refractivity contribution is 1.17. The van der Waals surface area contributed by atoms with E-state index in [9.17, 15) is 0 Å². The van der Waals surface area contributed by atoms with E-state index in [1.807, 2.05) is 18.2 Å². The van der Waals surface area contributed by atoms with Crippen molar-refractivity contribution in [3.05, 3.63) is 33.8 Å². The average Bonchev–Trinajstić information content (AvgIpc) is 2.11. The Morgan fingerprint density at radius 3 is 2.00 bits per heavy atom. The molecule has 1 rings (SSSR count). The fourth-order valence-corrected chi connectivity index (χ4v) is 1.58. The van der Waals surface area contributed by atoms with Crippen molar-refractivity contribution in [3.63, 3.8) is 0 Å². The first-order valence-corrected chi connectivity index (χ1v) is 13.0. The summed E-state index contributed by atoms with van der Waals surface area (Å²) in [6.45, 7) is 0. The molecule has 0 amide bonds. The molecule has 1 aromatic carbocycles. The van der Waals surface area contributed by atoms with E-state index in [0.29, 0.717) is 10.0 Å². The molecule has 0 spiro atoms. The van der Waals surface area contributed by atoms with Crippen LogP contribution in [0.3, 0.4) is 0 Å². The van der Waals surface area contributed by atoms with Gasteiger partial charge in [0.15, 0.2) is 0 Å². The van der Waals surface area contributed by atoms with Gasteiger partial charge in [-0.1, -0.05) is 45.2 Å². The first-order valence-electron chi connectivity index (χ1n) is 3.74. The Kier molecular flexibility index (Phi) is 11.6. The van der Waals surface area contributed by atoms with E-state index in [4.69, 9.17) is 23.2 Å². The van der Waals surface area contributed by atoms with Crippen molar-refractivity contribution in [2.24, 2.45) is 0 Å². The third-order valence-electron chi connectivity index (χ3n) is 1.37. The summed E-state index contributed by atoms with van der Waals surface area (Å²) in [6, 6.07) is 5.70. The molecular formula is C8H7Br4Cl2P. The number of alkyl halides is 1. The predicted molar refractivity (Wildman–Crippen MR) is 87.7 cm³/mol. The largest absolute Gasteiger partial charge is 0.103 e. The highest BCUT2D eigenvalue weighted by Gasteiger charge is 1.97. The average molecular weight is 525 g/mol. The van der Waals surface area contributed by atoms with E-state index in [2.05, 4.69) is 62.4 Å². The zero-order chi connectivity index (χ0) is 11.8. The highest BCUT2D eigenvalue weighted by molar-refractivity contribution is 9.93. The summed E-state index contributed by atoms with van der Waals surface area (Å²) in [5.41, 5.74) is 1.20. The second-order valence-corrected chi connectivity index (χ2v) is 19.3. The second kappa shape index (κ2) is 10.1. The van der Waals surface area contributed by atoms with E-state index in [-0.39, 0.29) is 4.03 Å². The summed E-state index contributed by atoms with van der Waals surface area (Å²) < 4.78 is -0.183. The fraction of sp³-hybridized carbons (Fsp3) is 0.250. The molecule has 1 aromatic rings. The van der Waals surface area contributed by atoms with Crippen molar-refractivity contribution in [1.29, 1.82) is 0 Å². The molecule has 0 aliphatic heterocycles. The second-order valence-electron chi connectivity index (χ2n) is 2.38. The van der Waals surface area contributed by atoms with Crippen LogP contribution in [-0.4, -0.2) is 5.33 Å². The van der Waals surface area contributed by atoms with Gasteiger partial charge in [0.2, 0.25) is 0 Å². The van der Waals surface area contributed by atoms with E-state index in [0.717, 1.165) is 11.8 Å². The minimum atomic E-state index is -0.183. The van der Waals surface area contributed by atoms with Crippen LogP contribution < -0.4 is 0 Å². The van der Waals surface area contributed by atoms with Crippen molar-refractivity contribution < 1.29 is 0 Å². The van der Waals surface area contributed by atoms with Crippen LogP contribution in [0, 0.1) is 0 Å². The summed E-state index contributed by atoms with van der Waals surface area (Å²) in [7, 11) is 0. The summed E-state index contributed by atoms with van der Waals surface area (Å²) in [5, 5.41) is 2.19. The van der Waals surface area contributed by atoms with Crippen molar-refractivity contribution in [2.45, 2.75) is 6.42 Å². The SMILES string of the molecule is BrP(Br)Br.Clc1ccc(CCBr)cc1Cl. The summed E-state index contributed by atoms with van der Waals surface area (Å²) >= 11 is 24.4. The Morgan fingerprint density at radius 1 is 1.07 bits per heavy atom. The monoisotopic (exact) mass is 520 g/mol. The molecule has 0 nitrogen and oxygen atoms in total.